The Balaban J connectivity index is 0.00000300. The summed E-state index contributed by atoms with van der Waals surface area (Å²) < 4.78 is 16.3. The van der Waals surface area contributed by atoms with Gasteiger partial charge in [-0.15, -0.1) is 12.4 Å². The predicted octanol–water partition coefficient (Wildman–Crippen LogP) is 3.53. The van der Waals surface area contributed by atoms with E-state index in [1.165, 1.54) is 0 Å². The zero-order valence-corrected chi connectivity index (χ0v) is 17.5. The molecule has 1 amide bonds. The first-order chi connectivity index (χ1) is 13.7. The molecule has 0 radical (unpaired) electrons. The maximum absolute atomic E-state index is 12.5. The largest absolute Gasteiger partial charge is 0.497 e. The number of nitrogens with two attached hydrogens (primary N) is 1. The van der Waals surface area contributed by atoms with E-state index in [9.17, 15) is 4.79 Å². The molecule has 7 heteroatoms. The summed E-state index contributed by atoms with van der Waals surface area (Å²) in [6, 6.07) is 14.9. The van der Waals surface area contributed by atoms with Crippen LogP contribution in [0.3, 0.4) is 0 Å². The maximum atomic E-state index is 12.5. The number of nitrogens with one attached hydrogen (secondary N) is 1. The van der Waals surface area contributed by atoms with Gasteiger partial charge in [-0.05, 0) is 54.2 Å². The fourth-order valence-electron chi connectivity index (χ4n) is 3.26. The number of amides is 1. The van der Waals surface area contributed by atoms with Gasteiger partial charge >= 0.3 is 0 Å². The van der Waals surface area contributed by atoms with E-state index in [1.807, 2.05) is 48.5 Å². The minimum absolute atomic E-state index is 0. The fraction of sp³-hybridized carbons (Fsp3) is 0.409. The van der Waals surface area contributed by atoms with Crippen molar-refractivity contribution in [2.45, 2.75) is 32.1 Å². The molecule has 0 spiro atoms. The molecule has 1 fully saturated rings. The van der Waals surface area contributed by atoms with E-state index in [4.69, 9.17) is 19.9 Å². The number of hydrogen-bond donors (Lipinski definition) is 2. The molecule has 1 aliphatic heterocycles. The number of methoxy groups -OCH3 is 1. The normalized spacial score (nSPS) is 15.2. The molecule has 2 aromatic rings. The van der Waals surface area contributed by atoms with E-state index in [1.54, 1.807) is 7.11 Å². The monoisotopic (exact) mass is 420 g/mol. The molecule has 29 heavy (non-hydrogen) atoms. The van der Waals surface area contributed by atoms with Gasteiger partial charge in [0.15, 0.2) is 0 Å². The lowest BCUT2D eigenvalue weighted by Gasteiger charge is -2.26. The van der Waals surface area contributed by atoms with Crippen LogP contribution in [0.15, 0.2) is 48.5 Å². The van der Waals surface area contributed by atoms with Crippen molar-refractivity contribution in [1.82, 2.24) is 0 Å². The van der Waals surface area contributed by atoms with Gasteiger partial charge in [-0.25, -0.2) is 0 Å². The van der Waals surface area contributed by atoms with Crippen molar-refractivity contribution >= 4 is 24.0 Å². The first kappa shape index (κ1) is 23.2. The summed E-state index contributed by atoms with van der Waals surface area (Å²) in [6.07, 6.45) is 1.65. The van der Waals surface area contributed by atoms with Crippen LogP contribution in [0.4, 0.5) is 5.69 Å². The lowest BCUT2D eigenvalue weighted by molar-refractivity contribution is -0.119. The number of benzene rings is 2. The zero-order chi connectivity index (χ0) is 19.8. The van der Waals surface area contributed by atoms with Crippen molar-refractivity contribution in [2.24, 2.45) is 11.7 Å². The van der Waals surface area contributed by atoms with Crippen molar-refractivity contribution in [3.8, 4) is 5.75 Å². The van der Waals surface area contributed by atoms with E-state index in [-0.39, 0.29) is 24.2 Å². The van der Waals surface area contributed by atoms with Gasteiger partial charge in [0.05, 0.1) is 26.4 Å². The third-order valence-corrected chi connectivity index (χ3v) is 4.97. The summed E-state index contributed by atoms with van der Waals surface area (Å²) in [4.78, 5) is 12.5. The summed E-state index contributed by atoms with van der Waals surface area (Å²) in [7, 11) is 1.65. The molecule has 1 atom stereocenters. The number of carbonyl (C=O) groups is 1. The second-order valence-electron chi connectivity index (χ2n) is 7.01. The SMILES string of the molecule is COc1ccc(COCc2cccc(NC(=O)C(N)C3CCOCC3)c2)cc1.Cl. The van der Waals surface area contributed by atoms with Crippen LogP contribution >= 0.6 is 12.4 Å². The third kappa shape index (κ3) is 7.01. The highest BCUT2D eigenvalue weighted by atomic mass is 35.5. The zero-order valence-electron chi connectivity index (χ0n) is 16.6. The van der Waals surface area contributed by atoms with Crippen molar-refractivity contribution in [3.63, 3.8) is 0 Å². The van der Waals surface area contributed by atoms with Crippen molar-refractivity contribution in [1.29, 1.82) is 0 Å². The standard InChI is InChI=1S/C22H28N2O4.ClH/c1-26-20-7-5-16(6-8-20)14-28-15-17-3-2-4-19(13-17)24-22(25)21(23)18-9-11-27-12-10-18;/h2-8,13,18,21H,9-12,14-15,23H2,1H3,(H,24,25);1H. The van der Waals surface area contributed by atoms with Crippen LogP contribution in [0, 0.1) is 5.92 Å². The summed E-state index contributed by atoms with van der Waals surface area (Å²) >= 11 is 0. The lowest BCUT2D eigenvalue weighted by Crippen LogP contribution is -2.44. The van der Waals surface area contributed by atoms with Gasteiger partial charge in [0, 0.05) is 18.9 Å². The number of hydrogen-bond acceptors (Lipinski definition) is 5. The average Bonchev–Trinajstić information content (AvgIpc) is 2.74. The van der Waals surface area contributed by atoms with E-state index in [2.05, 4.69) is 5.32 Å². The van der Waals surface area contributed by atoms with E-state index >= 15 is 0 Å². The smallest absolute Gasteiger partial charge is 0.241 e. The molecule has 3 rings (SSSR count). The predicted molar refractivity (Wildman–Crippen MR) is 115 cm³/mol. The molecule has 158 valence electrons. The van der Waals surface area contributed by atoms with Crippen molar-refractivity contribution in [2.75, 3.05) is 25.6 Å². The van der Waals surface area contributed by atoms with Crippen molar-refractivity contribution < 1.29 is 19.0 Å². The fourth-order valence-corrected chi connectivity index (χ4v) is 3.26. The van der Waals surface area contributed by atoms with E-state index in [0.29, 0.717) is 26.4 Å². The Morgan fingerprint density at radius 2 is 1.83 bits per heavy atom. The highest BCUT2D eigenvalue weighted by Gasteiger charge is 2.26. The molecular weight excluding hydrogens is 392 g/mol. The first-order valence-corrected chi connectivity index (χ1v) is 9.59. The van der Waals surface area contributed by atoms with Gasteiger partial charge in [0.2, 0.25) is 5.91 Å². The summed E-state index contributed by atoms with van der Waals surface area (Å²) in [6.45, 7) is 2.32. The number of ether oxygens (including phenoxy) is 3. The quantitative estimate of drug-likeness (QED) is 0.682. The van der Waals surface area contributed by atoms with Crippen LogP contribution in [-0.4, -0.2) is 32.3 Å². The second kappa shape index (κ2) is 11.8. The number of rotatable bonds is 8. The molecule has 0 aliphatic carbocycles. The number of halogens is 1. The Bertz CT molecular complexity index is 764. The van der Waals surface area contributed by atoms with Crippen LogP contribution in [0.1, 0.15) is 24.0 Å². The summed E-state index contributed by atoms with van der Waals surface area (Å²) in [5.74, 6) is 0.846. The number of carbonyl (C=O) groups excluding carboxylic acids is 1. The van der Waals surface area contributed by atoms with Gasteiger partial charge in [-0.1, -0.05) is 24.3 Å². The van der Waals surface area contributed by atoms with E-state index < -0.39 is 6.04 Å². The van der Waals surface area contributed by atoms with Gasteiger partial charge < -0.3 is 25.3 Å². The number of anilines is 1. The highest BCUT2D eigenvalue weighted by molar-refractivity contribution is 5.94. The van der Waals surface area contributed by atoms with Crippen LogP contribution in [-0.2, 0) is 27.5 Å². The van der Waals surface area contributed by atoms with Crippen LogP contribution in [0.5, 0.6) is 5.75 Å². The Kier molecular flexibility index (Phi) is 9.41. The molecule has 1 saturated heterocycles. The Morgan fingerprint density at radius 3 is 2.52 bits per heavy atom. The Labute approximate surface area is 178 Å². The van der Waals surface area contributed by atoms with Crippen LogP contribution in [0.2, 0.25) is 0 Å². The molecule has 6 nitrogen and oxygen atoms in total. The summed E-state index contributed by atoms with van der Waals surface area (Å²) in [5.41, 5.74) is 8.94. The Hall–Kier alpha value is -2.12. The van der Waals surface area contributed by atoms with Gasteiger partial charge in [-0.3, -0.25) is 4.79 Å². The van der Waals surface area contributed by atoms with E-state index in [0.717, 1.165) is 35.4 Å². The second-order valence-corrected chi connectivity index (χ2v) is 7.01. The summed E-state index contributed by atoms with van der Waals surface area (Å²) in [5, 5.41) is 2.93. The van der Waals surface area contributed by atoms with Crippen LogP contribution in [0.25, 0.3) is 0 Å². The molecule has 1 unspecified atom stereocenters. The van der Waals surface area contributed by atoms with Crippen LogP contribution < -0.4 is 15.8 Å². The molecule has 0 saturated carbocycles. The average molecular weight is 421 g/mol. The molecule has 0 aromatic heterocycles. The Morgan fingerprint density at radius 1 is 1.14 bits per heavy atom. The first-order valence-electron chi connectivity index (χ1n) is 9.59. The molecular formula is C22H29ClN2O4. The topological polar surface area (TPSA) is 82.8 Å². The van der Waals surface area contributed by atoms with Gasteiger partial charge in [0.1, 0.15) is 5.75 Å². The molecule has 1 aliphatic rings. The molecule has 1 heterocycles. The lowest BCUT2D eigenvalue weighted by atomic mass is 9.92. The minimum Gasteiger partial charge on any atom is -0.497 e. The maximum Gasteiger partial charge on any atom is 0.241 e. The third-order valence-electron chi connectivity index (χ3n) is 4.97. The minimum atomic E-state index is -0.515. The molecule has 0 bridgehead atoms. The highest BCUT2D eigenvalue weighted by Crippen LogP contribution is 2.20. The van der Waals surface area contributed by atoms with Gasteiger partial charge in [-0.2, -0.15) is 0 Å². The molecule has 2 aromatic carbocycles. The molecule has 3 N–H and O–H groups in total. The van der Waals surface area contributed by atoms with Crippen molar-refractivity contribution in [3.05, 3.63) is 59.7 Å². The van der Waals surface area contributed by atoms with Gasteiger partial charge in [0.25, 0.3) is 0 Å².